The first-order valence-electron chi connectivity index (χ1n) is 10.2. The number of nitrogens with one attached hydrogen (secondary N) is 1. The number of nitrogens with zero attached hydrogens (tertiary/aromatic N) is 1. The second-order valence-electron chi connectivity index (χ2n) is 7.29. The SMILES string of the molecule is CCOc1ccc(Cc2n[nH]c3c2C(=O)CC(c2ccccc2)C3)cc1OCC. The van der Waals surface area contributed by atoms with Gasteiger partial charge in [-0.1, -0.05) is 36.4 Å². The third kappa shape index (κ3) is 4.04. The van der Waals surface area contributed by atoms with Gasteiger partial charge in [-0.05, 0) is 49.4 Å². The Morgan fingerprint density at radius 3 is 2.52 bits per heavy atom. The maximum atomic E-state index is 12.9. The van der Waals surface area contributed by atoms with Crippen LogP contribution in [0.15, 0.2) is 48.5 Å². The summed E-state index contributed by atoms with van der Waals surface area (Å²) in [6.45, 7) is 5.06. The van der Waals surface area contributed by atoms with E-state index in [-0.39, 0.29) is 11.7 Å². The maximum absolute atomic E-state index is 12.9. The van der Waals surface area contributed by atoms with Gasteiger partial charge in [0.05, 0.1) is 24.5 Å². The highest BCUT2D eigenvalue weighted by molar-refractivity contribution is 6.00. The number of ether oxygens (including phenoxy) is 2. The lowest BCUT2D eigenvalue weighted by molar-refractivity contribution is 0.0963. The molecule has 1 N–H and O–H groups in total. The van der Waals surface area contributed by atoms with E-state index in [4.69, 9.17) is 9.47 Å². The van der Waals surface area contributed by atoms with E-state index in [0.29, 0.717) is 26.1 Å². The van der Waals surface area contributed by atoms with Crippen molar-refractivity contribution in [3.05, 3.63) is 76.6 Å². The van der Waals surface area contributed by atoms with Crippen molar-refractivity contribution >= 4 is 5.78 Å². The molecule has 0 saturated heterocycles. The van der Waals surface area contributed by atoms with Crippen LogP contribution in [0, 0.1) is 0 Å². The molecule has 0 amide bonds. The van der Waals surface area contributed by atoms with Gasteiger partial charge in [-0.2, -0.15) is 5.10 Å². The number of carbonyl (C=O) groups is 1. The molecule has 0 aliphatic heterocycles. The standard InChI is InChI=1S/C24H26N2O3/c1-3-28-22-11-10-16(13-23(22)29-4-2)12-19-24-20(26-25-19)14-18(15-21(24)27)17-8-6-5-7-9-17/h5-11,13,18H,3-4,12,14-15H2,1-2H3,(H,25,26). The fraction of sp³-hybridized carbons (Fsp3) is 0.333. The molecule has 0 fully saturated rings. The van der Waals surface area contributed by atoms with Gasteiger partial charge in [-0.15, -0.1) is 0 Å². The molecular formula is C24H26N2O3. The van der Waals surface area contributed by atoms with Crippen molar-refractivity contribution in [3.63, 3.8) is 0 Å². The molecule has 1 aliphatic carbocycles. The summed E-state index contributed by atoms with van der Waals surface area (Å²) >= 11 is 0. The van der Waals surface area contributed by atoms with E-state index in [0.717, 1.165) is 40.4 Å². The number of rotatable bonds is 7. The molecule has 5 nitrogen and oxygen atoms in total. The minimum atomic E-state index is 0.167. The summed E-state index contributed by atoms with van der Waals surface area (Å²) in [7, 11) is 0. The Morgan fingerprint density at radius 2 is 1.76 bits per heavy atom. The number of carbonyl (C=O) groups excluding carboxylic acids is 1. The molecule has 0 spiro atoms. The molecule has 5 heteroatoms. The zero-order valence-corrected chi connectivity index (χ0v) is 16.9. The number of Topliss-reactive ketones (excluding diaryl/α,β-unsaturated/α-hetero) is 1. The van der Waals surface area contributed by atoms with E-state index >= 15 is 0 Å². The predicted octanol–water partition coefficient (Wildman–Crippen LogP) is 4.71. The number of benzene rings is 2. The Hall–Kier alpha value is -3.08. The average molecular weight is 390 g/mol. The van der Waals surface area contributed by atoms with Crippen LogP contribution in [0.3, 0.4) is 0 Å². The fourth-order valence-corrected chi connectivity index (χ4v) is 4.03. The van der Waals surface area contributed by atoms with Crippen molar-refractivity contribution < 1.29 is 14.3 Å². The lowest BCUT2D eigenvalue weighted by Gasteiger charge is -2.21. The van der Waals surface area contributed by atoms with E-state index in [1.165, 1.54) is 5.56 Å². The highest BCUT2D eigenvalue weighted by atomic mass is 16.5. The third-order valence-corrected chi connectivity index (χ3v) is 5.33. The van der Waals surface area contributed by atoms with Crippen molar-refractivity contribution in [1.82, 2.24) is 10.2 Å². The lowest BCUT2D eigenvalue weighted by Crippen LogP contribution is -2.19. The van der Waals surface area contributed by atoms with Crippen molar-refractivity contribution in [2.45, 2.75) is 39.0 Å². The summed E-state index contributed by atoms with van der Waals surface area (Å²) in [5.41, 5.74) is 4.77. The average Bonchev–Trinajstić information content (AvgIpc) is 3.14. The van der Waals surface area contributed by atoms with Crippen molar-refractivity contribution in [2.75, 3.05) is 13.2 Å². The Kier molecular flexibility index (Phi) is 5.65. The zero-order chi connectivity index (χ0) is 20.2. The van der Waals surface area contributed by atoms with Crippen LogP contribution in [0.5, 0.6) is 11.5 Å². The Labute approximate surface area is 171 Å². The van der Waals surface area contributed by atoms with E-state index in [1.807, 2.05) is 50.2 Å². The normalized spacial score (nSPS) is 15.8. The molecular weight excluding hydrogens is 364 g/mol. The molecule has 1 aromatic heterocycles. The zero-order valence-electron chi connectivity index (χ0n) is 16.9. The Morgan fingerprint density at radius 1 is 1.00 bits per heavy atom. The number of aromatic amines is 1. The van der Waals surface area contributed by atoms with Gasteiger partial charge in [0, 0.05) is 18.5 Å². The molecule has 3 aromatic rings. The molecule has 0 saturated carbocycles. The van der Waals surface area contributed by atoms with Crippen LogP contribution in [0.25, 0.3) is 0 Å². The molecule has 1 unspecified atom stereocenters. The monoisotopic (exact) mass is 390 g/mol. The minimum Gasteiger partial charge on any atom is -0.490 e. The molecule has 1 aliphatic rings. The van der Waals surface area contributed by atoms with Gasteiger partial charge < -0.3 is 9.47 Å². The quantitative estimate of drug-likeness (QED) is 0.634. The second-order valence-corrected chi connectivity index (χ2v) is 7.29. The van der Waals surface area contributed by atoms with Gasteiger partial charge in [-0.25, -0.2) is 0 Å². The van der Waals surface area contributed by atoms with Gasteiger partial charge in [-0.3, -0.25) is 9.89 Å². The predicted molar refractivity (Wildman–Crippen MR) is 112 cm³/mol. The van der Waals surface area contributed by atoms with Crippen LogP contribution in [0.4, 0.5) is 0 Å². The number of ketones is 1. The second kappa shape index (κ2) is 8.52. The van der Waals surface area contributed by atoms with Crippen molar-refractivity contribution in [2.24, 2.45) is 0 Å². The number of hydrogen-bond acceptors (Lipinski definition) is 4. The molecule has 4 rings (SSSR count). The summed E-state index contributed by atoms with van der Waals surface area (Å²) in [4.78, 5) is 12.9. The molecule has 29 heavy (non-hydrogen) atoms. The fourth-order valence-electron chi connectivity index (χ4n) is 4.03. The summed E-state index contributed by atoms with van der Waals surface area (Å²) in [5, 5.41) is 7.61. The summed E-state index contributed by atoms with van der Waals surface area (Å²) in [5.74, 6) is 1.84. The number of fused-ring (bicyclic) bond motifs is 1. The smallest absolute Gasteiger partial charge is 0.167 e. The van der Waals surface area contributed by atoms with Crippen LogP contribution in [-0.4, -0.2) is 29.2 Å². The minimum absolute atomic E-state index is 0.167. The largest absolute Gasteiger partial charge is 0.490 e. The van der Waals surface area contributed by atoms with Gasteiger partial charge in [0.2, 0.25) is 0 Å². The summed E-state index contributed by atoms with van der Waals surface area (Å²) < 4.78 is 11.4. The highest BCUT2D eigenvalue weighted by Gasteiger charge is 2.30. The van der Waals surface area contributed by atoms with E-state index in [2.05, 4.69) is 22.3 Å². The number of H-pyrrole nitrogens is 1. The van der Waals surface area contributed by atoms with E-state index in [9.17, 15) is 4.79 Å². The van der Waals surface area contributed by atoms with Crippen LogP contribution >= 0.6 is 0 Å². The van der Waals surface area contributed by atoms with Crippen LogP contribution in [0.2, 0.25) is 0 Å². The van der Waals surface area contributed by atoms with Crippen LogP contribution in [0.1, 0.15) is 59.1 Å². The van der Waals surface area contributed by atoms with Gasteiger partial charge in [0.15, 0.2) is 17.3 Å². The van der Waals surface area contributed by atoms with Gasteiger partial charge in [0.1, 0.15) is 0 Å². The molecule has 0 radical (unpaired) electrons. The Bertz CT molecular complexity index is 995. The molecule has 2 aromatic carbocycles. The molecule has 1 atom stereocenters. The molecule has 1 heterocycles. The third-order valence-electron chi connectivity index (χ3n) is 5.33. The first-order chi connectivity index (χ1) is 14.2. The first kappa shape index (κ1) is 19.2. The summed E-state index contributed by atoms with van der Waals surface area (Å²) in [6, 6.07) is 16.2. The molecule has 0 bridgehead atoms. The number of hydrogen-bond donors (Lipinski definition) is 1. The molecule has 150 valence electrons. The van der Waals surface area contributed by atoms with Crippen molar-refractivity contribution in [3.8, 4) is 11.5 Å². The van der Waals surface area contributed by atoms with Crippen molar-refractivity contribution in [1.29, 1.82) is 0 Å². The number of aromatic nitrogens is 2. The van der Waals surface area contributed by atoms with Gasteiger partial charge in [0.25, 0.3) is 0 Å². The topological polar surface area (TPSA) is 64.2 Å². The van der Waals surface area contributed by atoms with Crippen LogP contribution < -0.4 is 9.47 Å². The van der Waals surface area contributed by atoms with E-state index < -0.39 is 0 Å². The van der Waals surface area contributed by atoms with Gasteiger partial charge >= 0.3 is 0 Å². The first-order valence-corrected chi connectivity index (χ1v) is 10.2. The van der Waals surface area contributed by atoms with Crippen LogP contribution in [-0.2, 0) is 12.8 Å². The lowest BCUT2D eigenvalue weighted by atomic mass is 9.81. The van der Waals surface area contributed by atoms with E-state index in [1.54, 1.807) is 0 Å². The maximum Gasteiger partial charge on any atom is 0.167 e. The Balaban J connectivity index is 1.57. The highest BCUT2D eigenvalue weighted by Crippen LogP contribution is 2.34. The summed E-state index contributed by atoms with van der Waals surface area (Å²) in [6.07, 6.45) is 1.92.